The molecule has 2 aromatic carbocycles. The van der Waals surface area contributed by atoms with Crippen LogP contribution in [-0.2, 0) is 7.05 Å². The van der Waals surface area contributed by atoms with Crippen LogP contribution in [0.25, 0.3) is 16.6 Å². The minimum atomic E-state index is -1.01. The van der Waals surface area contributed by atoms with E-state index in [0.29, 0.717) is 5.52 Å². The number of carbonyl (C=O) groups is 2. The van der Waals surface area contributed by atoms with Crippen molar-refractivity contribution < 1.29 is 14.7 Å². The number of benzene rings is 2. The number of imide groups is 1. The van der Waals surface area contributed by atoms with Crippen LogP contribution in [0, 0.1) is 11.3 Å². The SMILES string of the molecule is CC(C(O)=C(C#N)c1nc2ccccc2n1C)N1C(=O)c2ccccc2C1=O. The summed E-state index contributed by atoms with van der Waals surface area (Å²) in [5.41, 5.74) is 1.96. The van der Waals surface area contributed by atoms with Gasteiger partial charge in [0.25, 0.3) is 11.8 Å². The number of imidazole rings is 1. The smallest absolute Gasteiger partial charge is 0.262 e. The number of fused-ring (bicyclic) bond motifs is 2. The number of para-hydroxylation sites is 2. The lowest BCUT2D eigenvalue weighted by atomic mass is 10.1. The summed E-state index contributed by atoms with van der Waals surface area (Å²) >= 11 is 0. The van der Waals surface area contributed by atoms with E-state index < -0.39 is 17.9 Å². The molecule has 1 N–H and O–H groups in total. The van der Waals surface area contributed by atoms with Gasteiger partial charge in [-0.1, -0.05) is 24.3 Å². The normalized spacial score (nSPS) is 15.4. The van der Waals surface area contributed by atoms with Gasteiger partial charge in [-0.05, 0) is 31.2 Å². The van der Waals surface area contributed by atoms with Gasteiger partial charge in [-0.25, -0.2) is 4.98 Å². The van der Waals surface area contributed by atoms with Crippen molar-refractivity contribution in [1.82, 2.24) is 14.5 Å². The van der Waals surface area contributed by atoms with E-state index in [1.54, 1.807) is 41.9 Å². The first-order chi connectivity index (χ1) is 13.5. The third-order valence-electron chi connectivity index (χ3n) is 4.99. The van der Waals surface area contributed by atoms with Gasteiger partial charge in [0.2, 0.25) is 0 Å². The molecule has 138 valence electrons. The molecule has 2 heterocycles. The maximum Gasteiger partial charge on any atom is 0.262 e. The highest BCUT2D eigenvalue weighted by Gasteiger charge is 2.40. The van der Waals surface area contributed by atoms with Gasteiger partial charge in [-0.2, -0.15) is 5.26 Å². The third-order valence-corrected chi connectivity index (χ3v) is 4.99. The van der Waals surface area contributed by atoms with Gasteiger partial charge in [-0.3, -0.25) is 14.5 Å². The number of aliphatic hydroxyl groups excluding tert-OH is 1. The highest BCUT2D eigenvalue weighted by Crippen LogP contribution is 2.29. The van der Waals surface area contributed by atoms with E-state index in [2.05, 4.69) is 4.98 Å². The number of aromatic nitrogens is 2. The van der Waals surface area contributed by atoms with Crippen LogP contribution in [0.2, 0.25) is 0 Å². The number of hydrogen-bond acceptors (Lipinski definition) is 5. The van der Waals surface area contributed by atoms with Gasteiger partial charge in [0.05, 0.1) is 28.2 Å². The van der Waals surface area contributed by atoms with Gasteiger partial charge in [-0.15, -0.1) is 0 Å². The second-order valence-corrected chi connectivity index (χ2v) is 6.56. The largest absolute Gasteiger partial charge is 0.509 e. The van der Waals surface area contributed by atoms with Crippen molar-refractivity contribution in [3.63, 3.8) is 0 Å². The molecule has 0 fully saturated rings. The molecule has 0 aliphatic carbocycles. The fourth-order valence-electron chi connectivity index (χ4n) is 3.48. The molecular formula is C21H16N4O3. The van der Waals surface area contributed by atoms with Crippen LogP contribution in [0.15, 0.2) is 54.3 Å². The number of allylic oxidation sites excluding steroid dienone is 1. The molecule has 7 nitrogen and oxygen atoms in total. The summed E-state index contributed by atoms with van der Waals surface area (Å²) in [7, 11) is 1.74. The fraction of sp³-hybridized carbons (Fsp3) is 0.143. The first-order valence-electron chi connectivity index (χ1n) is 8.67. The van der Waals surface area contributed by atoms with E-state index in [0.717, 1.165) is 10.4 Å². The predicted octanol–water partition coefficient (Wildman–Crippen LogP) is 3.05. The van der Waals surface area contributed by atoms with Crippen molar-refractivity contribution in [2.45, 2.75) is 13.0 Å². The molecule has 1 aromatic heterocycles. The van der Waals surface area contributed by atoms with Crippen molar-refractivity contribution in [3.8, 4) is 6.07 Å². The van der Waals surface area contributed by atoms with Gasteiger partial charge in [0, 0.05) is 7.05 Å². The van der Waals surface area contributed by atoms with Crippen LogP contribution in [-0.4, -0.2) is 37.4 Å². The Hall–Kier alpha value is -3.92. The lowest BCUT2D eigenvalue weighted by Crippen LogP contribution is -2.39. The maximum atomic E-state index is 12.7. The highest BCUT2D eigenvalue weighted by atomic mass is 16.3. The topological polar surface area (TPSA) is 99.2 Å². The molecule has 1 aliphatic rings. The molecule has 7 heteroatoms. The average molecular weight is 372 g/mol. The summed E-state index contributed by atoms with van der Waals surface area (Å²) in [6.45, 7) is 1.51. The Balaban J connectivity index is 1.80. The fourth-order valence-corrected chi connectivity index (χ4v) is 3.48. The van der Waals surface area contributed by atoms with Gasteiger partial charge in [0.15, 0.2) is 5.82 Å². The van der Waals surface area contributed by atoms with Crippen LogP contribution in [0.5, 0.6) is 0 Å². The van der Waals surface area contributed by atoms with Crippen LogP contribution in [0.4, 0.5) is 0 Å². The Bertz CT molecular complexity index is 1180. The molecule has 0 saturated carbocycles. The Morgan fingerprint density at radius 2 is 1.64 bits per heavy atom. The average Bonchev–Trinajstić information content (AvgIpc) is 3.17. The second-order valence-electron chi connectivity index (χ2n) is 6.56. The van der Waals surface area contributed by atoms with E-state index in [4.69, 9.17) is 0 Å². The van der Waals surface area contributed by atoms with Crippen LogP contribution in [0.1, 0.15) is 33.5 Å². The number of hydrogen-bond donors (Lipinski definition) is 1. The second kappa shape index (κ2) is 6.35. The minimum Gasteiger partial charge on any atom is -0.509 e. The number of carbonyl (C=O) groups excluding carboxylic acids is 2. The van der Waals surface area contributed by atoms with E-state index in [-0.39, 0.29) is 28.3 Å². The Morgan fingerprint density at radius 3 is 2.21 bits per heavy atom. The van der Waals surface area contributed by atoms with E-state index >= 15 is 0 Å². The lowest BCUT2D eigenvalue weighted by molar-refractivity contribution is 0.0590. The number of aliphatic hydroxyl groups is 1. The van der Waals surface area contributed by atoms with Crippen molar-refractivity contribution >= 4 is 28.4 Å². The van der Waals surface area contributed by atoms with E-state index in [9.17, 15) is 20.0 Å². The Labute approximate surface area is 160 Å². The number of nitrogens with zero attached hydrogens (tertiary/aromatic N) is 4. The van der Waals surface area contributed by atoms with Crippen molar-refractivity contribution in [2.24, 2.45) is 7.05 Å². The molecule has 1 unspecified atom stereocenters. The number of amides is 2. The standard InChI is InChI=1S/C21H16N4O3/c1-12(25-20(27)13-7-3-4-8-14(13)21(25)28)18(26)15(11-22)19-23-16-9-5-6-10-17(16)24(19)2/h3-10,12,26H,1-2H3. The first-order valence-corrected chi connectivity index (χ1v) is 8.67. The molecule has 0 spiro atoms. The zero-order valence-corrected chi connectivity index (χ0v) is 15.2. The lowest BCUT2D eigenvalue weighted by Gasteiger charge is -2.22. The minimum absolute atomic E-state index is 0.0808. The molecular weight excluding hydrogens is 356 g/mol. The maximum absolute atomic E-state index is 12.7. The van der Waals surface area contributed by atoms with Gasteiger partial charge < -0.3 is 9.67 Å². The van der Waals surface area contributed by atoms with E-state index in [1.165, 1.54) is 6.92 Å². The summed E-state index contributed by atoms with van der Waals surface area (Å²) < 4.78 is 1.69. The predicted molar refractivity (Wildman–Crippen MR) is 102 cm³/mol. The van der Waals surface area contributed by atoms with Crippen molar-refractivity contribution in [2.75, 3.05) is 0 Å². The van der Waals surface area contributed by atoms with E-state index in [1.807, 2.05) is 24.3 Å². The molecule has 0 radical (unpaired) electrons. The molecule has 28 heavy (non-hydrogen) atoms. The molecule has 3 aromatic rings. The quantitative estimate of drug-likeness (QED) is 0.433. The Kier molecular flexibility index (Phi) is 3.97. The van der Waals surface area contributed by atoms with Crippen molar-refractivity contribution in [1.29, 1.82) is 5.26 Å². The molecule has 4 rings (SSSR count). The zero-order chi connectivity index (χ0) is 20.0. The molecule has 0 bridgehead atoms. The highest BCUT2D eigenvalue weighted by molar-refractivity contribution is 6.21. The summed E-state index contributed by atoms with van der Waals surface area (Å²) in [6, 6.07) is 14.8. The van der Waals surface area contributed by atoms with Gasteiger partial charge in [0.1, 0.15) is 17.4 Å². The van der Waals surface area contributed by atoms with Crippen LogP contribution in [0.3, 0.4) is 0 Å². The number of rotatable bonds is 3. The molecule has 2 amide bonds. The molecule has 1 atom stereocenters. The first kappa shape index (κ1) is 17.5. The monoisotopic (exact) mass is 372 g/mol. The molecule has 1 aliphatic heterocycles. The van der Waals surface area contributed by atoms with Crippen LogP contribution < -0.4 is 0 Å². The summed E-state index contributed by atoms with van der Waals surface area (Å²) in [5.74, 6) is -1.11. The van der Waals surface area contributed by atoms with Crippen LogP contribution >= 0.6 is 0 Å². The third kappa shape index (κ3) is 2.39. The zero-order valence-electron chi connectivity index (χ0n) is 15.2. The summed E-state index contributed by atoms with van der Waals surface area (Å²) in [5, 5.41) is 20.5. The summed E-state index contributed by atoms with van der Waals surface area (Å²) in [4.78, 5) is 30.7. The Morgan fingerprint density at radius 1 is 1.07 bits per heavy atom. The number of aryl methyl sites for hydroxylation is 1. The van der Waals surface area contributed by atoms with Crippen molar-refractivity contribution in [3.05, 3.63) is 71.2 Å². The van der Waals surface area contributed by atoms with Gasteiger partial charge >= 0.3 is 0 Å². The summed E-state index contributed by atoms with van der Waals surface area (Å²) in [6.07, 6.45) is 0. The molecule has 0 saturated heterocycles. The number of nitriles is 1.